The van der Waals surface area contributed by atoms with Crippen molar-refractivity contribution < 1.29 is 14.6 Å². The third-order valence-electron chi connectivity index (χ3n) is 2.94. The third-order valence-corrected chi connectivity index (χ3v) is 3.56. The average Bonchev–Trinajstić information content (AvgIpc) is 2.38. The van der Waals surface area contributed by atoms with Crippen LogP contribution in [-0.2, 0) is 11.3 Å². The van der Waals surface area contributed by atoms with Gasteiger partial charge in [0.25, 0.3) is 0 Å². The van der Waals surface area contributed by atoms with Gasteiger partial charge in [0.1, 0.15) is 11.8 Å². The normalized spacial score (nSPS) is 12.2. The van der Waals surface area contributed by atoms with Crippen LogP contribution in [0.4, 0.5) is 0 Å². The van der Waals surface area contributed by atoms with Gasteiger partial charge in [0, 0.05) is 12.1 Å². The molecule has 0 saturated heterocycles. The molecule has 0 aliphatic rings. The van der Waals surface area contributed by atoms with Crippen molar-refractivity contribution in [1.82, 2.24) is 5.32 Å². The summed E-state index contributed by atoms with van der Waals surface area (Å²) in [4.78, 5) is 11.1. The van der Waals surface area contributed by atoms with E-state index in [4.69, 9.17) is 9.84 Å². The van der Waals surface area contributed by atoms with Crippen molar-refractivity contribution in [3.8, 4) is 5.75 Å². The fourth-order valence-electron chi connectivity index (χ4n) is 1.88. The van der Waals surface area contributed by atoms with E-state index in [-0.39, 0.29) is 0 Å². The minimum atomic E-state index is -0.803. The van der Waals surface area contributed by atoms with E-state index in [0.29, 0.717) is 13.0 Å². The van der Waals surface area contributed by atoms with Crippen molar-refractivity contribution in [3.63, 3.8) is 0 Å². The van der Waals surface area contributed by atoms with Crippen LogP contribution >= 0.6 is 15.9 Å². The van der Waals surface area contributed by atoms with E-state index in [1.807, 2.05) is 18.2 Å². The number of unbranched alkanes of at least 4 members (excludes halogenated alkanes) is 1. The summed E-state index contributed by atoms with van der Waals surface area (Å²) in [5.41, 5.74) is 0.944. The number of carbonyl (C=O) groups is 1. The summed E-state index contributed by atoms with van der Waals surface area (Å²) in [5.74, 6) is -0.0583. The molecule has 1 aromatic carbocycles. The van der Waals surface area contributed by atoms with E-state index in [2.05, 4.69) is 28.2 Å². The van der Waals surface area contributed by atoms with E-state index in [1.54, 1.807) is 7.11 Å². The van der Waals surface area contributed by atoms with Gasteiger partial charge in [-0.2, -0.15) is 0 Å². The van der Waals surface area contributed by atoms with Crippen LogP contribution in [0, 0.1) is 0 Å². The van der Waals surface area contributed by atoms with Crippen LogP contribution in [0.2, 0.25) is 0 Å². The molecule has 0 spiro atoms. The van der Waals surface area contributed by atoms with Gasteiger partial charge < -0.3 is 15.2 Å². The van der Waals surface area contributed by atoms with Crippen LogP contribution in [-0.4, -0.2) is 24.2 Å². The van der Waals surface area contributed by atoms with E-state index < -0.39 is 12.0 Å². The Morgan fingerprint density at radius 1 is 1.53 bits per heavy atom. The van der Waals surface area contributed by atoms with Gasteiger partial charge in [-0.3, -0.25) is 4.79 Å². The zero-order valence-electron chi connectivity index (χ0n) is 11.3. The predicted molar refractivity (Wildman–Crippen MR) is 78.5 cm³/mol. The lowest BCUT2D eigenvalue weighted by atomic mass is 10.1. The molecule has 1 rings (SSSR count). The minimum Gasteiger partial charge on any atom is -0.495 e. The molecule has 0 fully saturated rings. The van der Waals surface area contributed by atoms with Crippen LogP contribution in [0.3, 0.4) is 0 Å². The SMILES string of the molecule is CCCCC(NCc1cccc(Br)c1OC)C(=O)O. The van der Waals surface area contributed by atoms with E-state index in [0.717, 1.165) is 28.6 Å². The van der Waals surface area contributed by atoms with Crippen LogP contribution in [0.1, 0.15) is 31.7 Å². The Balaban J connectivity index is 2.68. The summed E-state index contributed by atoms with van der Waals surface area (Å²) in [6, 6.07) is 5.22. The first kappa shape index (κ1) is 16.0. The molecule has 0 aliphatic carbocycles. The van der Waals surface area contributed by atoms with Crippen molar-refractivity contribution in [1.29, 1.82) is 0 Å². The number of aliphatic carboxylic acids is 1. The molecule has 0 aromatic heterocycles. The molecule has 0 radical (unpaired) electrons. The molecule has 106 valence electrons. The standard InChI is InChI=1S/C14H20BrNO3/c1-3-4-8-12(14(17)18)16-9-10-6-5-7-11(15)13(10)19-2/h5-7,12,16H,3-4,8-9H2,1-2H3,(H,17,18). The van der Waals surface area contributed by atoms with E-state index in [1.165, 1.54) is 0 Å². The topological polar surface area (TPSA) is 58.6 Å². The van der Waals surface area contributed by atoms with E-state index in [9.17, 15) is 4.79 Å². The van der Waals surface area contributed by atoms with Gasteiger partial charge in [-0.15, -0.1) is 0 Å². The van der Waals surface area contributed by atoms with E-state index >= 15 is 0 Å². The lowest BCUT2D eigenvalue weighted by molar-refractivity contribution is -0.139. The Bertz CT molecular complexity index is 423. The van der Waals surface area contributed by atoms with Gasteiger partial charge in [0.2, 0.25) is 0 Å². The molecule has 0 heterocycles. The number of halogens is 1. The molecule has 19 heavy (non-hydrogen) atoms. The van der Waals surface area contributed by atoms with Gasteiger partial charge >= 0.3 is 5.97 Å². The van der Waals surface area contributed by atoms with Crippen molar-refractivity contribution in [3.05, 3.63) is 28.2 Å². The molecule has 0 saturated carbocycles. The highest BCUT2D eigenvalue weighted by atomic mass is 79.9. The summed E-state index contributed by atoms with van der Waals surface area (Å²) in [5, 5.41) is 12.2. The number of methoxy groups -OCH3 is 1. The second-order valence-corrected chi connectivity index (χ2v) is 5.20. The van der Waals surface area contributed by atoms with Crippen molar-refractivity contribution >= 4 is 21.9 Å². The predicted octanol–water partition coefficient (Wildman–Crippen LogP) is 3.19. The maximum absolute atomic E-state index is 11.1. The van der Waals surface area contributed by atoms with Gasteiger partial charge in [0.05, 0.1) is 11.6 Å². The summed E-state index contributed by atoms with van der Waals surface area (Å²) in [7, 11) is 1.61. The molecule has 1 atom stereocenters. The Morgan fingerprint density at radius 3 is 2.84 bits per heavy atom. The maximum Gasteiger partial charge on any atom is 0.320 e. The quantitative estimate of drug-likeness (QED) is 0.769. The molecule has 2 N–H and O–H groups in total. The largest absolute Gasteiger partial charge is 0.495 e. The zero-order valence-corrected chi connectivity index (χ0v) is 12.9. The highest BCUT2D eigenvalue weighted by Gasteiger charge is 2.17. The number of hydrogen-bond acceptors (Lipinski definition) is 3. The molecule has 0 bridgehead atoms. The highest BCUT2D eigenvalue weighted by molar-refractivity contribution is 9.10. The number of para-hydroxylation sites is 1. The van der Waals surface area contributed by atoms with Crippen molar-refractivity contribution in [2.45, 2.75) is 38.8 Å². The highest BCUT2D eigenvalue weighted by Crippen LogP contribution is 2.28. The number of ether oxygens (including phenoxy) is 1. The lowest BCUT2D eigenvalue weighted by Crippen LogP contribution is -2.36. The van der Waals surface area contributed by atoms with Gasteiger partial charge in [-0.1, -0.05) is 31.9 Å². The Morgan fingerprint density at radius 2 is 2.26 bits per heavy atom. The average molecular weight is 330 g/mol. The maximum atomic E-state index is 11.1. The summed E-state index contributed by atoms with van der Waals surface area (Å²) >= 11 is 3.42. The number of carboxylic acid groups (broad SMARTS) is 1. The lowest BCUT2D eigenvalue weighted by Gasteiger charge is -2.16. The second-order valence-electron chi connectivity index (χ2n) is 4.35. The molecular formula is C14H20BrNO3. The van der Waals surface area contributed by atoms with Crippen LogP contribution in [0.15, 0.2) is 22.7 Å². The number of hydrogen-bond donors (Lipinski definition) is 2. The minimum absolute atomic E-state index is 0.475. The summed E-state index contributed by atoms with van der Waals surface area (Å²) < 4.78 is 6.19. The van der Waals surface area contributed by atoms with Crippen molar-refractivity contribution in [2.24, 2.45) is 0 Å². The Labute approximate surface area is 122 Å². The van der Waals surface area contributed by atoms with Gasteiger partial charge in [-0.05, 0) is 28.4 Å². The molecule has 1 unspecified atom stereocenters. The molecule has 4 nitrogen and oxygen atoms in total. The number of carboxylic acids is 1. The smallest absolute Gasteiger partial charge is 0.320 e. The fraction of sp³-hybridized carbons (Fsp3) is 0.500. The van der Waals surface area contributed by atoms with Gasteiger partial charge in [-0.25, -0.2) is 0 Å². The first-order valence-electron chi connectivity index (χ1n) is 6.37. The second kappa shape index (κ2) is 8.17. The Hall–Kier alpha value is -1.07. The number of nitrogens with one attached hydrogen (secondary N) is 1. The zero-order chi connectivity index (χ0) is 14.3. The number of rotatable bonds is 8. The van der Waals surface area contributed by atoms with Crippen LogP contribution < -0.4 is 10.1 Å². The third kappa shape index (κ3) is 4.84. The summed E-state index contributed by atoms with van der Waals surface area (Å²) in [6.07, 6.45) is 2.54. The molecule has 0 amide bonds. The number of benzene rings is 1. The molecule has 5 heteroatoms. The molecule has 0 aliphatic heterocycles. The fourth-order valence-corrected chi connectivity index (χ4v) is 2.44. The monoisotopic (exact) mass is 329 g/mol. The first-order valence-corrected chi connectivity index (χ1v) is 7.17. The molecular weight excluding hydrogens is 310 g/mol. The van der Waals surface area contributed by atoms with Crippen LogP contribution in [0.25, 0.3) is 0 Å². The summed E-state index contributed by atoms with van der Waals surface area (Å²) in [6.45, 7) is 2.53. The van der Waals surface area contributed by atoms with Gasteiger partial charge in [0.15, 0.2) is 0 Å². The molecule has 1 aromatic rings. The first-order chi connectivity index (χ1) is 9.10. The van der Waals surface area contributed by atoms with Crippen molar-refractivity contribution in [2.75, 3.05) is 7.11 Å². The Kier molecular flexibility index (Phi) is 6.87. The van der Waals surface area contributed by atoms with Crippen LogP contribution in [0.5, 0.6) is 5.75 Å².